The van der Waals surface area contributed by atoms with Crippen LogP contribution < -0.4 is 20.3 Å². The van der Waals surface area contributed by atoms with Crippen LogP contribution >= 0.6 is 12.4 Å². The Hall–Kier alpha value is -1.79. The van der Waals surface area contributed by atoms with E-state index in [0.29, 0.717) is 24.4 Å². The van der Waals surface area contributed by atoms with Gasteiger partial charge in [-0.3, -0.25) is 9.59 Å². The van der Waals surface area contributed by atoms with Gasteiger partial charge in [-0.15, -0.1) is 12.4 Å². The van der Waals surface area contributed by atoms with Gasteiger partial charge in [-0.2, -0.15) is 0 Å². The fraction of sp³-hybridized carbons (Fsp3) is 0.529. The smallest absolute Gasteiger partial charge is 0.241 e. The lowest BCUT2D eigenvalue weighted by molar-refractivity contribution is -0.119. The fourth-order valence-electron chi connectivity index (χ4n) is 3.19. The molecule has 0 aliphatic carbocycles. The minimum absolute atomic E-state index is 0. The largest absolute Gasteiger partial charge is 0.494 e. The Morgan fingerprint density at radius 3 is 2.79 bits per heavy atom. The van der Waals surface area contributed by atoms with Crippen molar-refractivity contribution in [2.24, 2.45) is 0 Å². The molecule has 0 spiro atoms. The van der Waals surface area contributed by atoms with Crippen LogP contribution in [0.2, 0.25) is 0 Å². The maximum atomic E-state index is 12.3. The van der Waals surface area contributed by atoms with Gasteiger partial charge in [0.15, 0.2) is 0 Å². The maximum absolute atomic E-state index is 12.3. The monoisotopic (exact) mass is 353 g/mol. The molecule has 2 aliphatic heterocycles. The number of anilines is 2. The molecule has 2 aliphatic rings. The van der Waals surface area contributed by atoms with E-state index in [1.807, 2.05) is 12.1 Å². The number of amides is 2. The molecule has 6 nitrogen and oxygen atoms in total. The standard InChI is InChI=1S/C17H23N3O3.ClH/c1-23-15-11-12(19-17(22)13-5-2-3-9-18-13)7-8-14(15)20-10-4-6-16(20)21;/h7-8,11,13,18H,2-6,9-10H2,1H3,(H,19,22);1H/t13-;/m1./s1. The first-order chi connectivity index (χ1) is 11.2. The van der Waals surface area contributed by atoms with Gasteiger partial charge in [0.25, 0.3) is 0 Å². The molecule has 1 atom stereocenters. The summed E-state index contributed by atoms with van der Waals surface area (Å²) >= 11 is 0. The van der Waals surface area contributed by atoms with Crippen molar-refractivity contribution in [3.63, 3.8) is 0 Å². The molecule has 3 rings (SSSR count). The van der Waals surface area contributed by atoms with Crippen LogP contribution in [-0.4, -0.2) is 38.1 Å². The lowest BCUT2D eigenvalue weighted by atomic mass is 10.0. The summed E-state index contributed by atoms with van der Waals surface area (Å²) < 4.78 is 5.41. The Bertz CT molecular complexity index is 603. The number of ether oxygens (including phenoxy) is 1. The second-order valence-electron chi connectivity index (χ2n) is 6.03. The third-order valence-electron chi connectivity index (χ3n) is 4.44. The van der Waals surface area contributed by atoms with Crippen molar-refractivity contribution >= 4 is 35.6 Å². The number of rotatable bonds is 4. The molecule has 0 bridgehead atoms. The average Bonchev–Trinajstić information content (AvgIpc) is 3.01. The molecule has 2 amide bonds. The summed E-state index contributed by atoms with van der Waals surface area (Å²) in [4.78, 5) is 25.9. The minimum Gasteiger partial charge on any atom is -0.494 e. The summed E-state index contributed by atoms with van der Waals surface area (Å²) in [5.74, 6) is 0.706. The van der Waals surface area contributed by atoms with Gasteiger partial charge in [-0.1, -0.05) is 6.42 Å². The molecule has 1 aromatic rings. The molecule has 0 unspecified atom stereocenters. The molecular weight excluding hydrogens is 330 g/mol. The summed E-state index contributed by atoms with van der Waals surface area (Å²) in [6, 6.07) is 5.31. The van der Waals surface area contributed by atoms with Crippen molar-refractivity contribution in [3.05, 3.63) is 18.2 Å². The number of hydrogen-bond acceptors (Lipinski definition) is 4. The van der Waals surface area contributed by atoms with E-state index in [9.17, 15) is 9.59 Å². The van der Waals surface area contributed by atoms with Gasteiger partial charge >= 0.3 is 0 Å². The lowest BCUT2D eigenvalue weighted by Crippen LogP contribution is -2.43. The number of hydrogen-bond donors (Lipinski definition) is 2. The molecule has 0 aromatic heterocycles. The molecular formula is C17H24ClN3O3. The van der Waals surface area contributed by atoms with E-state index >= 15 is 0 Å². The van der Waals surface area contributed by atoms with Gasteiger partial charge in [-0.25, -0.2) is 0 Å². The van der Waals surface area contributed by atoms with Gasteiger partial charge in [0, 0.05) is 24.7 Å². The first-order valence-electron chi connectivity index (χ1n) is 8.21. The number of halogens is 1. The van der Waals surface area contributed by atoms with Crippen LogP contribution in [0.1, 0.15) is 32.1 Å². The molecule has 0 radical (unpaired) electrons. The van der Waals surface area contributed by atoms with Crippen LogP contribution in [0.25, 0.3) is 0 Å². The summed E-state index contributed by atoms with van der Waals surface area (Å²) in [7, 11) is 1.58. The zero-order valence-electron chi connectivity index (χ0n) is 13.8. The Kier molecular flexibility index (Phi) is 6.45. The fourth-order valence-corrected chi connectivity index (χ4v) is 3.19. The maximum Gasteiger partial charge on any atom is 0.241 e. The minimum atomic E-state index is -0.130. The van der Waals surface area contributed by atoms with Gasteiger partial charge in [-0.05, 0) is 37.9 Å². The van der Waals surface area contributed by atoms with E-state index < -0.39 is 0 Å². The lowest BCUT2D eigenvalue weighted by Gasteiger charge is -2.23. The third kappa shape index (κ3) is 3.99. The number of nitrogens with zero attached hydrogens (tertiary/aromatic N) is 1. The van der Waals surface area contributed by atoms with Crippen molar-refractivity contribution in [1.29, 1.82) is 0 Å². The van der Waals surface area contributed by atoms with E-state index in [4.69, 9.17) is 4.74 Å². The molecule has 2 saturated heterocycles. The van der Waals surface area contributed by atoms with E-state index in [2.05, 4.69) is 10.6 Å². The summed E-state index contributed by atoms with van der Waals surface area (Å²) in [5.41, 5.74) is 1.46. The Balaban J connectivity index is 0.00000208. The Morgan fingerprint density at radius 2 is 2.17 bits per heavy atom. The first-order valence-corrected chi connectivity index (χ1v) is 8.21. The third-order valence-corrected chi connectivity index (χ3v) is 4.44. The van der Waals surface area contributed by atoms with E-state index in [1.54, 1.807) is 18.1 Å². The van der Waals surface area contributed by atoms with Crippen LogP contribution in [0.15, 0.2) is 18.2 Å². The predicted octanol–water partition coefficient (Wildman–Crippen LogP) is 2.32. The highest BCUT2D eigenvalue weighted by Gasteiger charge is 2.25. The van der Waals surface area contributed by atoms with Crippen molar-refractivity contribution in [2.75, 3.05) is 30.4 Å². The van der Waals surface area contributed by atoms with Crippen LogP contribution in [0.5, 0.6) is 5.75 Å². The topological polar surface area (TPSA) is 70.7 Å². The Morgan fingerprint density at radius 1 is 1.33 bits per heavy atom. The van der Waals surface area contributed by atoms with Crippen LogP contribution in [0.3, 0.4) is 0 Å². The van der Waals surface area contributed by atoms with Crippen molar-refractivity contribution in [1.82, 2.24) is 5.32 Å². The predicted molar refractivity (Wildman–Crippen MR) is 96.1 cm³/mol. The molecule has 2 fully saturated rings. The highest BCUT2D eigenvalue weighted by atomic mass is 35.5. The van der Waals surface area contributed by atoms with Crippen LogP contribution in [-0.2, 0) is 9.59 Å². The molecule has 2 heterocycles. The summed E-state index contributed by atoms with van der Waals surface area (Å²) in [6.07, 6.45) is 4.51. The highest BCUT2D eigenvalue weighted by molar-refractivity contribution is 5.98. The number of piperidine rings is 1. The first kappa shape index (κ1) is 18.5. The average molecular weight is 354 g/mol. The normalized spacial score (nSPS) is 20.5. The summed E-state index contributed by atoms with van der Waals surface area (Å²) in [5, 5.41) is 6.16. The zero-order chi connectivity index (χ0) is 16.2. The molecule has 7 heteroatoms. The van der Waals surface area contributed by atoms with Crippen molar-refractivity contribution in [3.8, 4) is 5.75 Å². The van der Waals surface area contributed by atoms with Gasteiger partial charge in [0.1, 0.15) is 5.75 Å². The van der Waals surface area contributed by atoms with E-state index in [1.165, 1.54) is 0 Å². The molecule has 1 aromatic carbocycles. The summed E-state index contributed by atoms with van der Waals surface area (Å²) in [6.45, 7) is 1.60. The van der Waals surface area contributed by atoms with Crippen LogP contribution in [0, 0.1) is 0 Å². The number of methoxy groups -OCH3 is 1. The number of benzene rings is 1. The van der Waals surface area contributed by atoms with Gasteiger partial charge < -0.3 is 20.3 Å². The SMILES string of the molecule is COc1cc(NC(=O)[C@H]2CCCCN2)ccc1N1CCCC1=O.Cl. The number of carbonyl (C=O) groups is 2. The van der Waals surface area contributed by atoms with Gasteiger partial charge in [0.2, 0.25) is 11.8 Å². The quantitative estimate of drug-likeness (QED) is 0.871. The Labute approximate surface area is 148 Å². The molecule has 0 saturated carbocycles. The molecule has 24 heavy (non-hydrogen) atoms. The van der Waals surface area contributed by atoms with Crippen molar-refractivity contribution in [2.45, 2.75) is 38.1 Å². The molecule has 2 N–H and O–H groups in total. The van der Waals surface area contributed by atoms with Crippen molar-refractivity contribution < 1.29 is 14.3 Å². The number of nitrogens with one attached hydrogen (secondary N) is 2. The van der Waals surface area contributed by atoms with Crippen LogP contribution in [0.4, 0.5) is 11.4 Å². The zero-order valence-corrected chi connectivity index (χ0v) is 14.7. The van der Waals surface area contributed by atoms with Gasteiger partial charge in [0.05, 0.1) is 18.8 Å². The highest BCUT2D eigenvalue weighted by Crippen LogP contribution is 2.33. The van der Waals surface area contributed by atoms with E-state index in [-0.39, 0.29) is 30.3 Å². The van der Waals surface area contributed by atoms with E-state index in [0.717, 1.165) is 37.9 Å². The second kappa shape index (κ2) is 8.35. The number of carbonyl (C=O) groups excluding carboxylic acids is 2. The molecule has 132 valence electrons. The second-order valence-corrected chi connectivity index (χ2v) is 6.03.